The molecule has 1 aromatic heterocycles. The Kier molecular flexibility index (Phi) is 6.27. The first kappa shape index (κ1) is 18.9. The molecule has 0 unspecified atom stereocenters. The highest BCUT2D eigenvalue weighted by molar-refractivity contribution is 9.11. The molecule has 1 aliphatic heterocycles. The van der Waals surface area contributed by atoms with Crippen LogP contribution < -0.4 is 16.6 Å². The molecule has 0 amide bonds. The molecule has 2 heterocycles. The second kappa shape index (κ2) is 7.63. The van der Waals surface area contributed by atoms with Crippen LogP contribution in [0, 0.1) is 0 Å². The molecule has 3 rings (SSSR count). The number of piperidine rings is 1. The fourth-order valence-corrected chi connectivity index (χ4v) is 4.57. The molecule has 0 radical (unpaired) electrons. The van der Waals surface area contributed by atoms with Gasteiger partial charge in [-0.05, 0) is 60.9 Å². The maximum atomic E-state index is 12.9. The maximum absolute atomic E-state index is 12.9. The number of hydrogen-bond acceptors (Lipinski definition) is 3. The summed E-state index contributed by atoms with van der Waals surface area (Å²) in [6, 6.07) is 3.63. The monoisotopic (exact) mass is 509 g/mol. The van der Waals surface area contributed by atoms with Crippen LogP contribution in [0.15, 0.2) is 30.7 Å². The van der Waals surface area contributed by atoms with Crippen LogP contribution in [0.4, 0.5) is 0 Å². The quantitative estimate of drug-likeness (QED) is 0.673. The third kappa shape index (κ3) is 3.36. The van der Waals surface area contributed by atoms with E-state index in [4.69, 9.17) is 0 Å². The van der Waals surface area contributed by atoms with Gasteiger partial charge in [-0.25, -0.2) is 4.79 Å². The van der Waals surface area contributed by atoms with Crippen LogP contribution in [-0.2, 0) is 6.54 Å². The Hall–Kier alpha value is -0.440. The summed E-state index contributed by atoms with van der Waals surface area (Å²) < 4.78 is 4.70. The second-order valence-electron chi connectivity index (χ2n) is 5.47. The number of aromatic nitrogens is 2. The summed E-state index contributed by atoms with van der Waals surface area (Å²) in [6.45, 7) is 4.12. The van der Waals surface area contributed by atoms with Gasteiger partial charge in [-0.15, -0.1) is 17.0 Å². The van der Waals surface area contributed by atoms with Crippen molar-refractivity contribution in [1.29, 1.82) is 0 Å². The van der Waals surface area contributed by atoms with Crippen molar-refractivity contribution < 1.29 is 0 Å². The Morgan fingerprint density at radius 2 is 1.87 bits per heavy atom. The number of nitrogens with one attached hydrogen (secondary N) is 1. The number of benzene rings is 1. The molecule has 0 saturated carbocycles. The van der Waals surface area contributed by atoms with E-state index in [-0.39, 0.29) is 34.3 Å². The minimum absolute atomic E-state index is 0. The molecular weight excluding hydrogens is 494 g/mol. The van der Waals surface area contributed by atoms with Gasteiger partial charge in [0.1, 0.15) is 0 Å². The second-order valence-corrected chi connectivity index (χ2v) is 7.24. The van der Waals surface area contributed by atoms with Crippen LogP contribution in [-0.4, -0.2) is 22.2 Å². The average molecular weight is 512 g/mol. The van der Waals surface area contributed by atoms with Crippen molar-refractivity contribution in [2.75, 3.05) is 13.1 Å². The van der Waals surface area contributed by atoms with E-state index in [1.54, 1.807) is 10.6 Å². The van der Waals surface area contributed by atoms with Gasteiger partial charge in [-0.1, -0.05) is 15.9 Å². The molecule has 23 heavy (non-hydrogen) atoms. The topological polar surface area (TPSA) is 56.0 Å². The SMILES string of the molecule is Br.CCn1c(=O)n(C2CCNCC2)c(=O)c2cc(Br)cc(Br)c21. The van der Waals surface area contributed by atoms with Crippen LogP contribution in [0.2, 0.25) is 0 Å². The van der Waals surface area contributed by atoms with Gasteiger partial charge in [0, 0.05) is 21.5 Å². The standard InChI is InChI=1S/C15H17Br2N3O2.BrH/c1-2-19-13-11(7-9(16)8-12(13)17)14(21)20(15(19)22)10-3-5-18-6-4-10;/h7-8,10,18H,2-6H2,1H3;1H. The molecule has 0 atom stereocenters. The van der Waals surface area contributed by atoms with E-state index in [9.17, 15) is 9.59 Å². The Labute approximate surface area is 161 Å². The van der Waals surface area contributed by atoms with Gasteiger partial charge in [-0.3, -0.25) is 13.9 Å². The van der Waals surface area contributed by atoms with Crippen molar-refractivity contribution in [1.82, 2.24) is 14.5 Å². The summed E-state index contributed by atoms with van der Waals surface area (Å²) >= 11 is 6.91. The average Bonchev–Trinajstić information content (AvgIpc) is 2.50. The highest BCUT2D eigenvalue weighted by atomic mass is 79.9. The number of aryl methyl sites for hydroxylation is 1. The Morgan fingerprint density at radius 3 is 2.48 bits per heavy atom. The predicted octanol–water partition coefficient (Wildman–Crippen LogP) is 3.21. The van der Waals surface area contributed by atoms with E-state index >= 15 is 0 Å². The normalized spacial score (nSPS) is 15.6. The van der Waals surface area contributed by atoms with Crippen LogP contribution in [0.1, 0.15) is 25.8 Å². The maximum Gasteiger partial charge on any atom is 0.331 e. The lowest BCUT2D eigenvalue weighted by Gasteiger charge is -2.25. The van der Waals surface area contributed by atoms with Crippen molar-refractivity contribution in [2.24, 2.45) is 0 Å². The molecule has 1 saturated heterocycles. The van der Waals surface area contributed by atoms with Gasteiger partial charge < -0.3 is 5.32 Å². The molecule has 8 heteroatoms. The summed E-state index contributed by atoms with van der Waals surface area (Å²) in [5, 5.41) is 3.84. The molecule has 2 aromatic rings. The Morgan fingerprint density at radius 1 is 1.22 bits per heavy atom. The molecule has 1 aromatic carbocycles. The van der Waals surface area contributed by atoms with Crippen LogP contribution in [0.5, 0.6) is 0 Å². The molecule has 0 spiro atoms. The molecular formula is C15H18Br3N3O2. The third-order valence-electron chi connectivity index (χ3n) is 4.17. The minimum Gasteiger partial charge on any atom is -0.317 e. The van der Waals surface area contributed by atoms with Gasteiger partial charge in [-0.2, -0.15) is 0 Å². The van der Waals surface area contributed by atoms with Crippen molar-refractivity contribution in [3.8, 4) is 0 Å². The number of fused-ring (bicyclic) bond motifs is 1. The summed E-state index contributed by atoms with van der Waals surface area (Å²) in [7, 11) is 0. The van der Waals surface area contributed by atoms with E-state index in [0.717, 1.165) is 34.9 Å². The van der Waals surface area contributed by atoms with Gasteiger partial charge in [0.05, 0.1) is 10.9 Å². The highest BCUT2D eigenvalue weighted by Crippen LogP contribution is 2.26. The van der Waals surface area contributed by atoms with E-state index in [0.29, 0.717) is 17.4 Å². The van der Waals surface area contributed by atoms with Crippen molar-refractivity contribution >= 4 is 59.7 Å². The van der Waals surface area contributed by atoms with Crippen molar-refractivity contribution in [2.45, 2.75) is 32.4 Å². The fraction of sp³-hybridized carbons (Fsp3) is 0.467. The molecule has 1 fully saturated rings. The van der Waals surface area contributed by atoms with E-state index in [1.807, 2.05) is 13.0 Å². The number of halogens is 3. The Balaban J connectivity index is 0.00000192. The number of hydrogen-bond donors (Lipinski definition) is 1. The molecule has 0 bridgehead atoms. The molecule has 1 aliphatic rings. The molecule has 5 nitrogen and oxygen atoms in total. The van der Waals surface area contributed by atoms with Crippen LogP contribution >= 0.6 is 48.8 Å². The lowest BCUT2D eigenvalue weighted by molar-refractivity contribution is 0.346. The summed E-state index contributed by atoms with van der Waals surface area (Å²) in [4.78, 5) is 25.8. The zero-order valence-electron chi connectivity index (χ0n) is 12.6. The van der Waals surface area contributed by atoms with Gasteiger partial charge in [0.25, 0.3) is 5.56 Å². The van der Waals surface area contributed by atoms with Crippen molar-refractivity contribution in [3.63, 3.8) is 0 Å². The van der Waals surface area contributed by atoms with E-state index in [2.05, 4.69) is 37.2 Å². The Bertz CT molecular complexity index is 838. The van der Waals surface area contributed by atoms with Crippen LogP contribution in [0.3, 0.4) is 0 Å². The summed E-state index contributed by atoms with van der Waals surface area (Å²) in [5.41, 5.74) is 0.263. The fourth-order valence-electron chi connectivity index (χ4n) is 3.13. The minimum atomic E-state index is -0.213. The first-order valence-corrected chi connectivity index (χ1v) is 8.98. The molecule has 0 aliphatic carbocycles. The predicted molar refractivity (Wildman–Crippen MR) is 105 cm³/mol. The highest BCUT2D eigenvalue weighted by Gasteiger charge is 2.22. The van der Waals surface area contributed by atoms with Gasteiger partial charge in [0.2, 0.25) is 0 Å². The molecule has 1 N–H and O–H groups in total. The van der Waals surface area contributed by atoms with Crippen LogP contribution in [0.25, 0.3) is 10.9 Å². The van der Waals surface area contributed by atoms with Gasteiger partial charge in [0.15, 0.2) is 0 Å². The lowest BCUT2D eigenvalue weighted by Crippen LogP contribution is -2.45. The number of rotatable bonds is 2. The van der Waals surface area contributed by atoms with E-state index < -0.39 is 0 Å². The lowest BCUT2D eigenvalue weighted by atomic mass is 10.1. The first-order chi connectivity index (χ1) is 10.5. The summed E-state index contributed by atoms with van der Waals surface area (Å²) in [6.07, 6.45) is 1.61. The van der Waals surface area contributed by atoms with Gasteiger partial charge >= 0.3 is 5.69 Å². The summed E-state index contributed by atoms with van der Waals surface area (Å²) in [5.74, 6) is 0. The zero-order chi connectivity index (χ0) is 15.9. The first-order valence-electron chi connectivity index (χ1n) is 7.39. The number of nitrogens with zero attached hydrogens (tertiary/aromatic N) is 2. The van der Waals surface area contributed by atoms with Crippen molar-refractivity contribution in [3.05, 3.63) is 41.9 Å². The largest absolute Gasteiger partial charge is 0.331 e. The molecule has 126 valence electrons. The zero-order valence-corrected chi connectivity index (χ0v) is 17.5. The smallest absolute Gasteiger partial charge is 0.317 e. The van der Waals surface area contributed by atoms with E-state index in [1.165, 1.54) is 4.57 Å². The third-order valence-corrected chi connectivity index (χ3v) is 5.24.